The topological polar surface area (TPSA) is 67.4 Å². The van der Waals surface area contributed by atoms with Crippen LogP contribution in [0.4, 0.5) is 4.79 Å². The molecule has 0 aromatic carbocycles. The summed E-state index contributed by atoms with van der Waals surface area (Å²) in [6, 6.07) is -0.129. The molecule has 0 saturated carbocycles. The zero-order chi connectivity index (χ0) is 16.5. The van der Waals surface area contributed by atoms with E-state index in [9.17, 15) is 9.59 Å². The van der Waals surface area contributed by atoms with E-state index in [2.05, 4.69) is 24.5 Å². The van der Waals surface area contributed by atoms with Crippen LogP contribution in [0.25, 0.3) is 0 Å². The predicted octanol–water partition coefficient (Wildman–Crippen LogP) is 2.87. The first-order chi connectivity index (χ1) is 9.64. The minimum Gasteiger partial charge on any atom is -0.450 e. The van der Waals surface area contributed by atoms with Gasteiger partial charge in [0.25, 0.3) is 0 Å². The second-order valence-corrected chi connectivity index (χ2v) is 6.64. The van der Waals surface area contributed by atoms with Crippen molar-refractivity contribution in [3.8, 4) is 0 Å². The monoisotopic (exact) mass is 298 g/mol. The first kappa shape index (κ1) is 19.5. The molecule has 2 amide bonds. The van der Waals surface area contributed by atoms with Gasteiger partial charge in [0.15, 0.2) is 0 Å². The average molecular weight is 298 g/mol. The van der Waals surface area contributed by atoms with E-state index in [4.69, 9.17) is 4.74 Å². The van der Waals surface area contributed by atoms with Crippen LogP contribution in [0.3, 0.4) is 0 Å². The molecule has 0 aliphatic heterocycles. The Hall–Kier alpha value is -1.52. The van der Waals surface area contributed by atoms with Crippen molar-refractivity contribution in [2.75, 3.05) is 13.2 Å². The van der Waals surface area contributed by atoms with Gasteiger partial charge in [0, 0.05) is 12.6 Å². The van der Waals surface area contributed by atoms with Gasteiger partial charge in [0.1, 0.15) is 0 Å². The summed E-state index contributed by atoms with van der Waals surface area (Å²) < 4.78 is 4.88. The SMILES string of the molecule is CCOC(=O)NC(CNC(=O)/C=C/C(C)(C)C)CC(C)C. The fourth-order valence-corrected chi connectivity index (χ4v) is 1.71. The molecule has 0 fully saturated rings. The highest BCUT2D eigenvalue weighted by molar-refractivity contribution is 5.87. The molecule has 122 valence electrons. The summed E-state index contributed by atoms with van der Waals surface area (Å²) in [6.45, 7) is 12.7. The van der Waals surface area contributed by atoms with Gasteiger partial charge in [-0.2, -0.15) is 0 Å². The number of alkyl carbamates (subject to hydrolysis) is 1. The van der Waals surface area contributed by atoms with Gasteiger partial charge >= 0.3 is 6.09 Å². The maximum atomic E-state index is 11.7. The molecule has 0 saturated heterocycles. The van der Waals surface area contributed by atoms with Crippen LogP contribution in [-0.2, 0) is 9.53 Å². The van der Waals surface area contributed by atoms with Crippen LogP contribution in [0, 0.1) is 11.3 Å². The lowest BCUT2D eigenvalue weighted by Crippen LogP contribution is -2.44. The van der Waals surface area contributed by atoms with Gasteiger partial charge in [0.05, 0.1) is 6.61 Å². The summed E-state index contributed by atoms with van der Waals surface area (Å²) in [5.41, 5.74) is -0.0299. The summed E-state index contributed by atoms with van der Waals surface area (Å²) in [5.74, 6) is 0.267. The Morgan fingerprint density at radius 1 is 1.24 bits per heavy atom. The highest BCUT2D eigenvalue weighted by Crippen LogP contribution is 2.14. The first-order valence-electron chi connectivity index (χ1n) is 7.54. The lowest BCUT2D eigenvalue weighted by molar-refractivity contribution is -0.116. The molecule has 1 atom stereocenters. The van der Waals surface area contributed by atoms with Gasteiger partial charge in [-0.15, -0.1) is 0 Å². The van der Waals surface area contributed by atoms with Crippen LogP contribution in [0.1, 0.15) is 48.0 Å². The van der Waals surface area contributed by atoms with Gasteiger partial charge < -0.3 is 15.4 Å². The van der Waals surface area contributed by atoms with E-state index in [0.29, 0.717) is 19.1 Å². The van der Waals surface area contributed by atoms with E-state index in [1.54, 1.807) is 6.92 Å². The number of hydrogen-bond donors (Lipinski definition) is 2. The van der Waals surface area contributed by atoms with Crippen LogP contribution in [-0.4, -0.2) is 31.2 Å². The molecule has 0 aliphatic carbocycles. The Kier molecular flexibility index (Phi) is 8.74. The maximum Gasteiger partial charge on any atom is 0.407 e. The van der Waals surface area contributed by atoms with Crippen molar-refractivity contribution in [2.24, 2.45) is 11.3 Å². The quantitative estimate of drug-likeness (QED) is 0.710. The predicted molar refractivity (Wildman–Crippen MR) is 85.0 cm³/mol. The van der Waals surface area contributed by atoms with E-state index >= 15 is 0 Å². The number of ether oxygens (including phenoxy) is 1. The lowest BCUT2D eigenvalue weighted by atomic mass is 9.96. The smallest absolute Gasteiger partial charge is 0.407 e. The third kappa shape index (κ3) is 12.0. The molecule has 0 spiro atoms. The largest absolute Gasteiger partial charge is 0.450 e. The van der Waals surface area contributed by atoms with E-state index in [1.807, 2.05) is 26.8 Å². The molecule has 0 aromatic heterocycles. The Bertz CT molecular complexity index is 357. The maximum absolute atomic E-state index is 11.7. The van der Waals surface area contributed by atoms with Crippen molar-refractivity contribution in [1.82, 2.24) is 10.6 Å². The fourth-order valence-electron chi connectivity index (χ4n) is 1.71. The first-order valence-corrected chi connectivity index (χ1v) is 7.54. The Balaban J connectivity index is 4.37. The molecular formula is C16H30N2O3. The number of nitrogens with one attached hydrogen (secondary N) is 2. The molecule has 21 heavy (non-hydrogen) atoms. The van der Waals surface area contributed by atoms with Gasteiger partial charge in [-0.3, -0.25) is 4.79 Å². The number of carbonyl (C=O) groups is 2. The Morgan fingerprint density at radius 3 is 2.33 bits per heavy atom. The molecule has 5 nitrogen and oxygen atoms in total. The summed E-state index contributed by atoms with van der Waals surface area (Å²) in [7, 11) is 0. The summed E-state index contributed by atoms with van der Waals surface area (Å²) >= 11 is 0. The van der Waals surface area contributed by atoms with Crippen LogP contribution in [0.5, 0.6) is 0 Å². The van der Waals surface area contributed by atoms with E-state index in [0.717, 1.165) is 6.42 Å². The standard InChI is InChI=1S/C16H30N2O3/c1-7-21-15(20)18-13(10-12(2)3)11-17-14(19)8-9-16(4,5)6/h8-9,12-13H,7,10-11H2,1-6H3,(H,17,19)(H,18,20)/b9-8+. The fraction of sp³-hybridized carbons (Fsp3) is 0.750. The second kappa shape index (κ2) is 9.42. The van der Waals surface area contributed by atoms with Gasteiger partial charge in [-0.05, 0) is 30.8 Å². The van der Waals surface area contributed by atoms with Crippen molar-refractivity contribution < 1.29 is 14.3 Å². The highest BCUT2D eigenvalue weighted by atomic mass is 16.5. The normalized spacial score (nSPS) is 13.3. The van der Waals surface area contributed by atoms with Crippen molar-refractivity contribution in [2.45, 2.75) is 54.0 Å². The van der Waals surface area contributed by atoms with Crippen molar-refractivity contribution in [3.05, 3.63) is 12.2 Å². The van der Waals surface area contributed by atoms with Crippen LogP contribution < -0.4 is 10.6 Å². The molecule has 0 aromatic rings. The van der Waals surface area contributed by atoms with Crippen LogP contribution in [0.2, 0.25) is 0 Å². The Labute approximate surface area is 128 Å². The van der Waals surface area contributed by atoms with E-state index in [-0.39, 0.29) is 17.4 Å². The zero-order valence-electron chi connectivity index (χ0n) is 14.2. The summed E-state index contributed by atoms with van der Waals surface area (Å²) in [5, 5.41) is 5.59. The van der Waals surface area contributed by atoms with Crippen LogP contribution in [0.15, 0.2) is 12.2 Å². The van der Waals surface area contributed by atoms with Crippen molar-refractivity contribution in [3.63, 3.8) is 0 Å². The molecule has 1 unspecified atom stereocenters. The number of carbonyl (C=O) groups excluding carboxylic acids is 2. The second-order valence-electron chi connectivity index (χ2n) is 6.64. The number of amides is 2. The van der Waals surface area contributed by atoms with Crippen molar-refractivity contribution >= 4 is 12.0 Å². The van der Waals surface area contributed by atoms with Gasteiger partial charge in [-0.25, -0.2) is 4.79 Å². The number of hydrogen-bond acceptors (Lipinski definition) is 3. The van der Waals surface area contributed by atoms with E-state index < -0.39 is 6.09 Å². The third-order valence-corrected chi connectivity index (χ3v) is 2.61. The molecule has 0 bridgehead atoms. The lowest BCUT2D eigenvalue weighted by Gasteiger charge is -2.20. The van der Waals surface area contributed by atoms with Crippen LogP contribution >= 0.6 is 0 Å². The van der Waals surface area contributed by atoms with Gasteiger partial charge in [0.2, 0.25) is 5.91 Å². The molecule has 0 heterocycles. The number of rotatable bonds is 7. The minimum atomic E-state index is -0.442. The van der Waals surface area contributed by atoms with Crippen molar-refractivity contribution in [1.29, 1.82) is 0 Å². The molecule has 2 N–H and O–H groups in total. The minimum absolute atomic E-state index is 0.0299. The summed E-state index contributed by atoms with van der Waals surface area (Å²) in [4.78, 5) is 23.2. The third-order valence-electron chi connectivity index (χ3n) is 2.61. The summed E-state index contributed by atoms with van der Waals surface area (Å²) in [6.07, 6.45) is 3.74. The van der Waals surface area contributed by atoms with Gasteiger partial charge in [-0.1, -0.05) is 40.7 Å². The number of allylic oxidation sites excluding steroid dienone is 1. The zero-order valence-corrected chi connectivity index (χ0v) is 14.2. The Morgan fingerprint density at radius 2 is 1.86 bits per heavy atom. The van der Waals surface area contributed by atoms with E-state index in [1.165, 1.54) is 6.08 Å². The highest BCUT2D eigenvalue weighted by Gasteiger charge is 2.15. The molecule has 0 rings (SSSR count). The molecule has 0 aliphatic rings. The molecule has 5 heteroatoms. The molecular weight excluding hydrogens is 268 g/mol. The average Bonchev–Trinajstić information content (AvgIpc) is 2.32. The molecule has 0 radical (unpaired) electrons.